The van der Waals surface area contributed by atoms with Gasteiger partial charge in [-0.3, -0.25) is 0 Å². The molecule has 0 radical (unpaired) electrons. The molecule has 2 atom stereocenters. The van der Waals surface area contributed by atoms with Crippen LogP contribution in [0.15, 0.2) is 18.3 Å². The number of nitrogens with zero attached hydrogens (tertiary/aromatic N) is 2. The van der Waals surface area contributed by atoms with E-state index in [9.17, 15) is 0 Å². The van der Waals surface area contributed by atoms with E-state index in [2.05, 4.69) is 22.9 Å². The highest BCUT2D eigenvalue weighted by Gasteiger charge is 2.21. The molecule has 1 fully saturated rings. The lowest BCUT2D eigenvalue weighted by atomic mass is 10.1. The maximum atomic E-state index is 6.02. The summed E-state index contributed by atoms with van der Waals surface area (Å²) in [5, 5.41) is 0. The Hall–Kier alpha value is -1.13. The van der Waals surface area contributed by atoms with Crippen LogP contribution in [0, 0.1) is 0 Å². The number of anilines is 1. The van der Waals surface area contributed by atoms with Crippen molar-refractivity contribution in [2.24, 2.45) is 5.73 Å². The molecule has 1 saturated heterocycles. The Balaban J connectivity index is 2.15. The molecule has 1 aliphatic heterocycles. The maximum absolute atomic E-state index is 6.02. The Morgan fingerprint density at radius 2 is 2.44 bits per heavy atom. The van der Waals surface area contributed by atoms with Gasteiger partial charge in [-0.25, -0.2) is 4.98 Å². The fraction of sp³-hybridized carbons (Fsp3) is 0.643. The van der Waals surface area contributed by atoms with E-state index < -0.39 is 0 Å². The van der Waals surface area contributed by atoms with Gasteiger partial charge in [0.1, 0.15) is 5.82 Å². The monoisotopic (exact) mass is 249 g/mol. The van der Waals surface area contributed by atoms with E-state index in [1.54, 1.807) is 0 Å². The third-order valence-corrected chi connectivity index (χ3v) is 3.44. The molecule has 0 spiro atoms. The molecule has 2 N–H and O–H groups in total. The smallest absolute Gasteiger partial charge is 0.133 e. The normalized spacial score (nSPS) is 20.9. The van der Waals surface area contributed by atoms with Crippen molar-refractivity contribution in [3.8, 4) is 0 Å². The summed E-state index contributed by atoms with van der Waals surface area (Å²) in [6.45, 7) is 6.88. The number of aromatic nitrogens is 1. The van der Waals surface area contributed by atoms with Gasteiger partial charge in [0.15, 0.2) is 0 Å². The summed E-state index contributed by atoms with van der Waals surface area (Å²) in [6, 6.07) is 4.01. The van der Waals surface area contributed by atoms with Crippen LogP contribution in [0.5, 0.6) is 0 Å². The number of likely N-dealkylation sites (N-methyl/N-ethyl adjacent to an activating group) is 1. The van der Waals surface area contributed by atoms with Crippen molar-refractivity contribution in [3.63, 3.8) is 0 Å². The van der Waals surface area contributed by atoms with Gasteiger partial charge in [-0.05, 0) is 32.8 Å². The second-order valence-corrected chi connectivity index (χ2v) is 4.88. The van der Waals surface area contributed by atoms with Crippen LogP contribution in [0.1, 0.15) is 38.3 Å². The van der Waals surface area contributed by atoms with Crippen LogP contribution in [0.25, 0.3) is 0 Å². The highest BCUT2D eigenvalue weighted by Crippen LogP contribution is 2.24. The summed E-state index contributed by atoms with van der Waals surface area (Å²) < 4.78 is 5.71. The highest BCUT2D eigenvalue weighted by molar-refractivity contribution is 5.48. The molecule has 0 aromatic carbocycles. The van der Waals surface area contributed by atoms with E-state index in [4.69, 9.17) is 10.5 Å². The third-order valence-electron chi connectivity index (χ3n) is 3.44. The predicted molar refractivity (Wildman–Crippen MR) is 73.7 cm³/mol. The summed E-state index contributed by atoms with van der Waals surface area (Å²) in [6.07, 6.45) is 4.49. The van der Waals surface area contributed by atoms with Crippen molar-refractivity contribution in [2.75, 3.05) is 24.6 Å². The van der Waals surface area contributed by atoms with Crippen molar-refractivity contribution in [2.45, 2.75) is 38.8 Å². The first-order valence-electron chi connectivity index (χ1n) is 6.79. The molecule has 2 heterocycles. The van der Waals surface area contributed by atoms with E-state index in [0.717, 1.165) is 37.5 Å². The number of ether oxygens (including phenoxy) is 1. The summed E-state index contributed by atoms with van der Waals surface area (Å²) in [5.41, 5.74) is 7.13. The fourth-order valence-corrected chi connectivity index (χ4v) is 2.43. The molecule has 1 unspecified atom stereocenters. The molecule has 0 bridgehead atoms. The Morgan fingerprint density at radius 1 is 1.61 bits per heavy atom. The lowest BCUT2D eigenvalue weighted by Crippen LogP contribution is -2.33. The SMILES string of the molecule is CCN(CC1CCCO1)c1ncccc1[C@@H](C)N. The summed E-state index contributed by atoms with van der Waals surface area (Å²) in [7, 11) is 0. The standard InChI is InChI=1S/C14H23N3O/c1-3-17(10-12-6-5-9-18-12)14-13(11(2)15)7-4-8-16-14/h4,7-8,11-12H,3,5-6,9-10,15H2,1-2H3/t11-,12?/m1/s1. The minimum atomic E-state index is 0.00671. The lowest BCUT2D eigenvalue weighted by molar-refractivity contribution is 0.115. The molecular formula is C14H23N3O. The summed E-state index contributed by atoms with van der Waals surface area (Å²) in [5.74, 6) is 1.01. The van der Waals surface area contributed by atoms with Crippen LogP contribution in [0.3, 0.4) is 0 Å². The van der Waals surface area contributed by atoms with Crippen molar-refractivity contribution in [3.05, 3.63) is 23.9 Å². The molecule has 2 rings (SSSR count). The van der Waals surface area contributed by atoms with Gasteiger partial charge in [-0.1, -0.05) is 6.07 Å². The number of pyridine rings is 1. The van der Waals surface area contributed by atoms with Crippen LogP contribution in [-0.4, -0.2) is 30.8 Å². The minimum Gasteiger partial charge on any atom is -0.376 e. The summed E-state index contributed by atoms with van der Waals surface area (Å²) >= 11 is 0. The molecule has 0 saturated carbocycles. The Labute approximate surface area is 109 Å². The molecule has 18 heavy (non-hydrogen) atoms. The van der Waals surface area contributed by atoms with Crippen molar-refractivity contribution in [1.29, 1.82) is 0 Å². The molecule has 1 aliphatic rings. The zero-order valence-electron chi connectivity index (χ0n) is 11.3. The predicted octanol–water partition coefficient (Wildman–Crippen LogP) is 2.11. The average molecular weight is 249 g/mol. The molecule has 1 aromatic rings. The molecule has 0 amide bonds. The van der Waals surface area contributed by atoms with E-state index in [1.165, 1.54) is 6.42 Å². The first kappa shape index (κ1) is 13.3. The van der Waals surface area contributed by atoms with Crippen LogP contribution in [0.4, 0.5) is 5.82 Å². The Bertz CT molecular complexity index is 375. The minimum absolute atomic E-state index is 0.00671. The van der Waals surface area contributed by atoms with Crippen molar-refractivity contribution < 1.29 is 4.74 Å². The molecule has 0 aliphatic carbocycles. The topological polar surface area (TPSA) is 51.4 Å². The van der Waals surface area contributed by atoms with E-state index in [0.29, 0.717) is 6.10 Å². The zero-order valence-corrected chi connectivity index (χ0v) is 11.3. The van der Waals surface area contributed by atoms with Gasteiger partial charge in [-0.15, -0.1) is 0 Å². The first-order chi connectivity index (χ1) is 8.72. The van der Waals surface area contributed by atoms with Crippen LogP contribution >= 0.6 is 0 Å². The molecular weight excluding hydrogens is 226 g/mol. The molecule has 4 nitrogen and oxygen atoms in total. The lowest BCUT2D eigenvalue weighted by Gasteiger charge is -2.27. The summed E-state index contributed by atoms with van der Waals surface area (Å²) in [4.78, 5) is 6.78. The molecule has 4 heteroatoms. The van der Waals surface area contributed by atoms with Crippen LogP contribution in [-0.2, 0) is 4.74 Å². The number of nitrogens with two attached hydrogens (primary N) is 1. The van der Waals surface area contributed by atoms with Gasteiger partial charge in [0.2, 0.25) is 0 Å². The Morgan fingerprint density at radius 3 is 3.06 bits per heavy atom. The van der Waals surface area contributed by atoms with Gasteiger partial charge in [0, 0.05) is 37.5 Å². The van der Waals surface area contributed by atoms with Gasteiger partial charge in [-0.2, -0.15) is 0 Å². The van der Waals surface area contributed by atoms with Gasteiger partial charge >= 0.3 is 0 Å². The van der Waals surface area contributed by atoms with Crippen LogP contribution in [0.2, 0.25) is 0 Å². The highest BCUT2D eigenvalue weighted by atomic mass is 16.5. The largest absolute Gasteiger partial charge is 0.376 e. The maximum Gasteiger partial charge on any atom is 0.133 e. The number of hydrogen-bond acceptors (Lipinski definition) is 4. The number of rotatable bonds is 5. The van der Waals surface area contributed by atoms with Crippen molar-refractivity contribution >= 4 is 5.82 Å². The Kier molecular flexibility index (Phi) is 4.55. The molecule has 100 valence electrons. The van der Waals surface area contributed by atoms with E-state index in [-0.39, 0.29) is 6.04 Å². The van der Waals surface area contributed by atoms with Crippen molar-refractivity contribution in [1.82, 2.24) is 4.98 Å². The average Bonchev–Trinajstić information content (AvgIpc) is 2.88. The second kappa shape index (κ2) is 6.16. The zero-order chi connectivity index (χ0) is 13.0. The van der Waals surface area contributed by atoms with Gasteiger partial charge < -0.3 is 15.4 Å². The van der Waals surface area contributed by atoms with E-state index >= 15 is 0 Å². The van der Waals surface area contributed by atoms with Gasteiger partial charge in [0.05, 0.1) is 6.10 Å². The van der Waals surface area contributed by atoms with Gasteiger partial charge in [0.25, 0.3) is 0 Å². The van der Waals surface area contributed by atoms with E-state index in [1.807, 2.05) is 19.2 Å². The quantitative estimate of drug-likeness (QED) is 0.868. The first-order valence-corrected chi connectivity index (χ1v) is 6.79. The fourth-order valence-electron chi connectivity index (χ4n) is 2.43. The van der Waals surface area contributed by atoms with Crippen LogP contribution < -0.4 is 10.6 Å². The number of hydrogen-bond donors (Lipinski definition) is 1. The third kappa shape index (κ3) is 3.00. The molecule has 1 aromatic heterocycles. The second-order valence-electron chi connectivity index (χ2n) is 4.88.